The van der Waals surface area contributed by atoms with Gasteiger partial charge in [0, 0.05) is 68.2 Å². The normalized spacial score (nSPS) is 14.5. The zero-order chi connectivity index (χ0) is 24.5. The van der Waals surface area contributed by atoms with Gasteiger partial charge in [0.1, 0.15) is 11.3 Å². The first-order chi connectivity index (χ1) is 16.9. The molecule has 35 heavy (non-hydrogen) atoms. The molecule has 0 bridgehead atoms. The molecule has 1 aliphatic rings. The summed E-state index contributed by atoms with van der Waals surface area (Å²) >= 11 is 0. The highest BCUT2D eigenvalue weighted by molar-refractivity contribution is 5.95. The van der Waals surface area contributed by atoms with Crippen LogP contribution < -0.4 is 15.9 Å². The van der Waals surface area contributed by atoms with Crippen molar-refractivity contribution in [2.75, 3.05) is 32.8 Å². The molecule has 1 fully saturated rings. The van der Waals surface area contributed by atoms with Gasteiger partial charge >= 0.3 is 0 Å². The van der Waals surface area contributed by atoms with Gasteiger partial charge in [-0.05, 0) is 31.0 Å². The Kier molecular flexibility index (Phi) is 6.32. The van der Waals surface area contributed by atoms with E-state index in [4.69, 9.17) is 9.47 Å². The maximum absolute atomic E-state index is 13.2. The summed E-state index contributed by atoms with van der Waals surface area (Å²) in [5, 5.41) is 0.755. The van der Waals surface area contributed by atoms with Crippen molar-refractivity contribution in [3.8, 4) is 22.6 Å². The number of hydrogen-bond donors (Lipinski definition) is 1. The Morgan fingerprint density at radius 1 is 1.00 bits per heavy atom. The first-order valence-electron chi connectivity index (χ1n) is 11.9. The Labute approximate surface area is 203 Å². The third-order valence-electron chi connectivity index (χ3n) is 6.66. The molecule has 4 heterocycles. The number of benzene rings is 1. The number of nitrogens with zero attached hydrogens (tertiary/aromatic N) is 3. The molecule has 0 saturated carbocycles. The van der Waals surface area contributed by atoms with Crippen molar-refractivity contribution in [3.63, 3.8) is 0 Å². The van der Waals surface area contributed by atoms with E-state index in [1.54, 1.807) is 36.3 Å². The number of aromatic nitrogens is 3. The smallest absolute Gasteiger partial charge is 0.274 e. The lowest BCUT2D eigenvalue weighted by molar-refractivity contribution is 0.0362. The number of H-pyrrole nitrogens is 1. The second kappa shape index (κ2) is 9.56. The average molecular weight is 475 g/mol. The number of morpholine rings is 1. The highest BCUT2D eigenvalue weighted by Gasteiger charge is 2.19. The Morgan fingerprint density at radius 3 is 2.49 bits per heavy atom. The van der Waals surface area contributed by atoms with E-state index in [0.717, 1.165) is 47.5 Å². The number of nitrogens with one attached hydrogen (secondary N) is 1. The molecule has 8 heteroatoms. The fraction of sp³-hybridized carbons (Fsp3) is 0.333. The molecule has 3 aromatic heterocycles. The number of para-hydroxylation sites is 1. The first-order valence-corrected chi connectivity index (χ1v) is 11.9. The van der Waals surface area contributed by atoms with Crippen molar-refractivity contribution in [1.29, 1.82) is 0 Å². The molecule has 8 nitrogen and oxygen atoms in total. The van der Waals surface area contributed by atoms with Crippen LogP contribution in [0.15, 0.2) is 58.5 Å². The third-order valence-corrected chi connectivity index (χ3v) is 6.66. The summed E-state index contributed by atoms with van der Waals surface area (Å²) in [5.41, 5.74) is 3.70. The number of hydrogen-bond acceptors (Lipinski definition) is 5. The molecule has 0 spiro atoms. The van der Waals surface area contributed by atoms with Crippen molar-refractivity contribution >= 4 is 10.9 Å². The van der Waals surface area contributed by atoms with Crippen molar-refractivity contribution in [3.05, 3.63) is 80.8 Å². The van der Waals surface area contributed by atoms with Crippen LogP contribution >= 0.6 is 0 Å². The van der Waals surface area contributed by atoms with Gasteiger partial charge in [-0.15, -0.1) is 0 Å². The Balaban J connectivity index is 1.63. The van der Waals surface area contributed by atoms with Gasteiger partial charge in [-0.3, -0.25) is 14.5 Å². The Morgan fingerprint density at radius 2 is 1.74 bits per heavy atom. The summed E-state index contributed by atoms with van der Waals surface area (Å²) in [6, 6.07) is 9.49. The van der Waals surface area contributed by atoms with Gasteiger partial charge in [0.15, 0.2) is 5.75 Å². The molecule has 0 atom stereocenters. The van der Waals surface area contributed by atoms with Crippen molar-refractivity contribution in [2.45, 2.75) is 20.4 Å². The number of ether oxygens (including phenoxy) is 2. The Bertz CT molecular complexity index is 1470. The van der Waals surface area contributed by atoms with Gasteiger partial charge < -0.3 is 23.6 Å². The molecule has 182 valence electrons. The van der Waals surface area contributed by atoms with Crippen LogP contribution in [0.5, 0.6) is 11.5 Å². The van der Waals surface area contributed by atoms with Crippen LogP contribution in [0.25, 0.3) is 22.0 Å². The van der Waals surface area contributed by atoms with Crippen LogP contribution in [-0.4, -0.2) is 51.9 Å². The maximum Gasteiger partial charge on any atom is 0.274 e. The van der Waals surface area contributed by atoms with Gasteiger partial charge in [0.2, 0.25) is 0 Å². The quantitative estimate of drug-likeness (QED) is 0.463. The molecule has 0 unspecified atom stereocenters. The first kappa shape index (κ1) is 23.1. The highest BCUT2D eigenvalue weighted by Crippen LogP contribution is 2.37. The summed E-state index contributed by atoms with van der Waals surface area (Å²) in [6.07, 6.45) is 5.31. The number of fused-ring (bicyclic) bond motifs is 1. The average Bonchev–Trinajstić information content (AvgIpc) is 3.35. The minimum absolute atomic E-state index is 0.111. The molecule has 0 aliphatic carbocycles. The van der Waals surface area contributed by atoms with Crippen LogP contribution in [0.2, 0.25) is 0 Å². The van der Waals surface area contributed by atoms with Crippen molar-refractivity contribution < 1.29 is 9.47 Å². The predicted octanol–water partition coefficient (Wildman–Crippen LogP) is 3.44. The number of aromatic amines is 1. The lowest BCUT2D eigenvalue weighted by Gasteiger charge is -2.26. The molecule has 1 saturated heterocycles. The molecule has 1 aromatic carbocycles. The summed E-state index contributed by atoms with van der Waals surface area (Å²) in [5.74, 6) is 1.34. The van der Waals surface area contributed by atoms with Crippen LogP contribution in [-0.2, 0) is 18.3 Å². The molecule has 0 radical (unpaired) electrons. The molecule has 4 aromatic rings. The van der Waals surface area contributed by atoms with Crippen LogP contribution in [0, 0.1) is 13.8 Å². The molecule has 0 amide bonds. The standard InChI is InChI=1S/C27H30N4O4/c1-18-5-4-6-19(2)26(18)35-23-17-31(10-9-30-11-13-34-14-12-30)24(32)15-21(23)22-16-29(3)27(33)25-20(22)7-8-28-25/h4-8,15-17,28H,9-14H2,1-3H3. The largest absolute Gasteiger partial charge is 0.455 e. The Hall–Kier alpha value is -3.62. The molecule has 1 N–H and O–H groups in total. The molecular formula is C27H30N4O4. The summed E-state index contributed by atoms with van der Waals surface area (Å²) in [4.78, 5) is 31.2. The van der Waals surface area contributed by atoms with E-state index in [-0.39, 0.29) is 11.1 Å². The zero-order valence-corrected chi connectivity index (χ0v) is 20.3. The van der Waals surface area contributed by atoms with Crippen LogP contribution in [0.1, 0.15) is 11.1 Å². The zero-order valence-electron chi connectivity index (χ0n) is 20.3. The number of pyridine rings is 2. The summed E-state index contributed by atoms with van der Waals surface area (Å²) in [7, 11) is 1.71. The monoisotopic (exact) mass is 474 g/mol. The second-order valence-corrected chi connectivity index (χ2v) is 9.09. The fourth-order valence-corrected chi connectivity index (χ4v) is 4.65. The number of aryl methyl sites for hydroxylation is 3. The lowest BCUT2D eigenvalue weighted by Crippen LogP contribution is -2.39. The third kappa shape index (κ3) is 4.54. The van der Waals surface area contributed by atoms with Gasteiger partial charge in [0.25, 0.3) is 11.1 Å². The minimum Gasteiger partial charge on any atom is -0.455 e. The molecule has 1 aliphatic heterocycles. The molecule has 5 rings (SSSR count). The van der Waals surface area contributed by atoms with E-state index in [2.05, 4.69) is 9.88 Å². The molecular weight excluding hydrogens is 444 g/mol. The van der Waals surface area contributed by atoms with Gasteiger partial charge in [-0.2, -0.15) is 0 Å². The lowest BCUT2D eigenvalue weighted by atomic mass is 10.0. The van der Waals surface area contributed by atoms with Crippen LogP contribution in [0.3, 0.4) is 0 Å². The predicted molar refractivity (Wildman–Crippen MR) is 136 cm³/mol. The summed E-state index contributed by atoms with van der Waals surface area (Å²) < 4.78 is 15.2. The van der Waals surface area contributed by atoms with Crippen molar-refractivity contribution in [1.82, 2.24) is 19.0 Å². The SMILES string of the molecule is Cc1cccc(C)c1Oc1cn(CCN2CCOCC2)c(=O)cc1-c1cn(C)c(=O)c2[nH]ccc12. The minimum atomic E-state index is -0.121. The van der Waals surface area contributed by atoms with Gasteiger partial charge in [-0.25, -0.2) is 0 Å². The number of rotatable bonds is 6. The van der Waals surface area contributed by atoms with Crippen LogP contribution in [0.4, 0.5) is 0 Å². The maximum atomic E-state index is 13.2. The highest BCUT2D eigenvalue weighted by atomic mass is 16.5. The van der Waals surface area contributed by atoms with Crippen molar-refractivity contribution in [2.24, 2.45) is 7.05 Å². The fourth-order valence-electron chi connectivity index (χ4n) is 4.65. The van der Waals surface area contributed by atoms with E-state index >= 15 is 0 Å². The van der Waals surface area contributed by atoms with E-state index in [1.807, 2.05) is 38.1 Å². The van der Waals surface area contributed by atoms with E-state index in [1.165, 1.54) is 4.57 Å². The van der Waals surface area contributed by atoms with E-state index in [9.17, 15) is 9.59 Å². The topological polar surface area (TPSA) is 81.5 Å². The summed E-state index contributed by atoms with van der Waals surface area (Å²) in [6.45, 7) is 8.48. The van der Waals surface area contributed by atoms with E-state index < -0.39 is 0 Å². The van der Waals surface area contributed by atoms with Gasteiger partial charge in [0.05, 0.1) is 19.4 Å². The van der Waals surface area contributed by atoms with E-state index in [0.29, 0.717) is 36.6 Å². The van der Waals surface area contributed by atoms with Gasteiger partial charge in [-0.1, -0.05) is 18.2 Å². The second-order valence-electron chi connectivity index (χ2n) is 9.09.